The van der Waals surface area contributed by atoms with E-state index in [1.165, 1.54) is 18.4 Å². The fourth-order valence-electron chi connectivity index (χ4n) is 4.88. The molecule has 2 heterocycles. The minimum Gasteiger partial charge on any atom is -0.497 e. The molecule has 6 heteroatoms. The van der Waals surface area contributed by atoms with Crippen molar-refractivity contribution in [3.63, 3.8) is 0 Å². The van der Waals surface area contributed by atoms with Crippen LogP contribution in [0.15, 0.2) is 42.6 Å². The maximum atomic E-state index is 13.1. The number of likely N-dealkylation sites (tertiary alicyclic amines) is 1. The molecule has 0 bridgehead atoms. The molecule has 2 N–H and O–H groups in total. The van der Waals surface area contributed by atoms with Crippen LogP contribution in [0.2, 0.25) is 0 Å². The fraction of sp³-hybridized carbons (Fsp3) is 0.444. The van der Waals surface area contributed by atoms with E-state index >= 15 is 0 Å². The highest BCUT2D eigenvalue weighted by molar-refractivity contribution is 5.88. The molecule has 1 aliphatic rings. The molecule has 1 fully saturated rings. The van der Waals surface area contributed by atoms with E-state index in [1.54, 1.807) is 14.2 Å². The van der Waals surface area contributed by atoms with E-state index in [4.69, 9.17) is 9.47 Å². The molecule has 33 heavy (non-hydrogen) atoms. The predicted molar refractivity (Wildman–Crippen MR) is 132 cm³/mol. The molecule has 1 saturated heterocycles. The first-order valence-corrected chi connectivity index (χ1v) is 11.9. The van der Waals surface area contributed by atoms with Crippen LogP contribution in [0, 0.1) is 0 Å². The number of nitrogens with zero attached hydrogens (tertiary/aromatic N) is 1. The van der Waals surface area contributed by atoms with Gasteiger partial charge in [0.1, 0.15) is 11.5 Å². The smallest absolute Gasteiger partial charge is 0.220 e. The Kier molecular flexibility index (Phi) is 7.55. The van der Waals surface area contributed by atoms with Gasteiger partial charge in [-0.3, -0.25) is 4.79 Å². The number of hydrogen-bond donors (Lipinski definition) is 2. The Hall–Kier alpha value is -2.99. The quantitative estimate of drug-likeness (QED) is 0.479. The number of fused-ring (bicyclic) bond motifs is 1. The third-order valence-corrected chi connectivity index (χ3v) is 6.70. The summed E-state index contributed by atoms with van der Waals surface area (Å²) in [5, 5.41) is 4.30. The molecule has 1 atom stereocenters. The molecular weight excluding hydrogens is 414 g/mol. The topological polar surface area (TPSA) is 66.6 Å². The van der Waals surface area contributed by atoms with Gasteiger partial charge in [0.25, 0.3) is 0 Å². The Morgan fingerprint density at radius 3 is 2.52 bits per heavy atom. The molecule has 1 amide bonds. The number of nitrogens with one attached hydrogen (secondary N) is 2. The van der Waals surface area contributed by atoms with Crippen LogP contribution in [0.4, 0.5) is 0 Å². The first-order chi connectivity index (χ1) is 16.1. The Balaban J connectivity index is 1.63. The van der Waals surface area contributed by atoms with Crippen LogP contribution in [-0.2, 0) is 11.2 Å². The number of benzene rings is 2. The lowest BCUT2D eigenvalue weighted by molar-refractivity contribution is -0.121. The molecular formula is C27H35N3O3. The minimum absolute atomic E-state index is 0.0574. The van der Waals surface area contributed by atoms with Crippen LogP contribution in [0.5, 0.6) is 11.5 Å². The lowest BCUT2D eigenvalue weighted by atomic mass is 9.87. The Bertz CT molecular complexity index is 1060. The van der Waals surface area contributed by atoms with E-state index in [1.807, 2.05) is 18.2 Å². The van der Waals surface area contributed by atoms with Gasteiger partial charge in [-0.1, -0.05) is 25.1 Å². The molecule has 2 aromatic carbocycles. The number of methoxy groups -OCH3 is 2. The summed E-state index contributed by atoms with van der Waals surface area (Å²) in [5.41, 5.74) is 4.54. The lowest BCUT2D eigenvalue weighted by Gasteiger charge is -2.20. The van der Waals surface area contributed by atoms with Crippen molar-refractivity contribution in [2.75, 3.05) is 40.4 Å². The summed E-state index contributed by atoms with van der Waals surface area (Å²) >= 11 is 0. The summed E-state index contributed by atoms with van der Waals surface area (Å²) in [5.74, 6) is 1.37. The van der Waals surface area contributed by atoms with E-state index in [9.17, 15) is 4.79 Å². The first kappa shape index (κ1) is 23.2. The minimum atomic E-state index is -0.123. The van der Waals surface area contributed by atoms with Crippen molar-refractivity contribution in [2.45, 2.75) is 38.5 Å². The van der Waals surface area contributed by atoms with Crippen molar-refractivity contribution >= 4 is 16.8 Å². The van der Waals surface area contributed by atoms with Crippen molar-refractivity contribution in [3.8, 4) is 11.5 Å². The number of aromatic amines is 1. The van der Waals surface area contributed by atoms with Gasteiger partial charge < -0.3 is 24.7 Å². The summed E-state index contributed by atoms with van der Waals surface area (Å²) in [7, 11) is 3.30. The fourth-order valence-corrected chi connectivity index (χ4v) is 4.88. The summed E-state index contributed by atoms with van der Waals surface area (Å²) in [4.78, 5) is 18.9. The van der Waals surface area contributed by atoms with Gasteiger partial charge in [0.05, 0.1) is 14.2 Å². The number of carbonyl (C=O) groups excluding carboxylic acids is 1. The number of aryl methyl sites for hydroxylation is 1. The summed E-state index contributed by atoms with van der Waals surface area (Å²) in [6.45, 7) is 6.03. The number of hydrogen-bond acceptors (Lipinski definition) is 4. The highest BCUT2D eigenvalue weighted by Crippen LogP contribution is 2.37. The summed E-state index contributed by atoms with van der Waals surface area (Å²) in [6.07, 6.45) is 5.88. The van der Waals surface area contributed by atoms with Crippen molar-refractivity contribution < 1.29 is 14.3 Å². The van der Waals surface area contributed by atoms with Crippen LogP contribution in [0.3, 0.4) is 0 Å². The number of rotatable bonds is 10. The van der Waals surface area contributed by atoms with Gasteiger partial charge in [0.15, 0.2) is 0 Å². The van der Waals surface area contributed by atoms with Gasteiger partial charge in [-0.25, -0.2) is 0 Å². The summed E-state index contributed by atoms with van der Waals surface area (Å²) in [6, 6.07) is 12.3. The zero-order valence-corrected chi connectivity index (χ0v) is 19.9. The summed E-state index contributed by atoms with van der Waals surface area (Å²) < 4.78 is 11.0. The number of H-pyrrole nitrogens is 1. The maximum Gasteiger partial charge on any atom is 0.220 e. The van der Waals surface area contributed by atoms with Gasteiger partial charge in [-0.15, -0.1) is 0 Å². The van der Waals surface area contributed by atoms with Crippen molar-refractivity contribution in [1.29, 1.82) is 0 Å². The first-order valence-electron chi connectivity index (χ1n) is 11.9. The van der Waals surface area contributed by atoms with Crippen LogP contribution in [0.1, 0.15) is 48.8 Å². The zero-order valence-electron chi connectivity index (χ0n) is 19.9. The highest BCUT2D eigenvalue weighted by Gasteiger charge is 2.23. The van der Waals surface area contributed by atoms with Crippen molar-refractivity contribution in [2.24, 2.45) is 0 Å². The van der Waals surface area contributed by atoms with E-state index in [0.717, 1.165) is 59.6 Å². The van der Waals surface area contributed by atoms with E-state index in [2.05, 4.69) is 46.5 Å². The second-order valence-corrected chi connectivity index (χ2v) is 8.74. The van der Waals surface area contributed by atoms with E-state index < -0.39 is 0 Å². The Morgan fingerprint density at radius 2 is 1.85 bits per heavy atom. The molecule has 6 nitrogen and oxygen atoms in total. The van der Waals surface area contributed by atoms with Gasteiger partial charge in [-0.05, 0) is 61.2 Å². The van der Waals surface area contributed by atoms with Gasteiger partial charge >= 0.3 is 0 Å². The van der Waals surface area contributed by atoms with E-state index in [0.29, 0.717) is 13.0 Å². The number of amides is 1. The largest absolute Gasteiger partial charge is 0.497 e. The van der Waals surface area contributed by atoms with Gasteiger partial charge in [0.2, 0.25) is 5.91 Å². The molecule has 1 aliphatic heterocycles. The van der Waals surface area contributed by atoms with Crippen LogP contribution >= 0.6 is 0 Å². The standard InChI is InChI=1S/C27H35N3O3/c1-4-19-8-7-9-23-25(18-29-27(19)23)24(20-14-21(32-2)16-22(15-20)33-3)17-26(31)28-10-13-30-11-5-6-12-30/h7-9,14-16,18,24,29H,4-6,10-13,17H2,1-3H3,(H,28,31). The third kappa shape index (κ3) is 5.33. The molecule has 1 unspecified atom stereocenters. The zero-order chi connectivity index (χ0) is 23.2. The normalized spacial score (nSPS) is 15.0. The Morgan fingerprint density at radius 1 is 1.12 bits per heavy atom. The predicted octanol–water partition coefficient (Wildman–Crippen LogP) is 4.48. The molecule has 176 valence electrons. The molecule has 3 aromatic rings. The average Bonchev–Trinajstić information content (AvgIpc) is 3.52. The van der Waals surface area contributed by atoms with E-state index in [-0.39, 0.29) is 11.8 Å². The van der Waals surface area contributed by atoms with Crippen molar-refractivity contribution in [3.05, 3.63) is 59.3 Å². The number of carbonyl (C=O) groups is 1. The second kappa shape index (κ2) is 10.8. The van der Waals surface area contributed by atoms with Crippen molar-refractivity contribution in [1.82, 2.24) is 15.2 Å². The van der Waals surface area contributed by atoms with Crippen LogP contribution in [0.25, 0.3) is 10.9 Å². The SMILES string of the molecule is CCc1cccc2c(C(CC(=O)NCCN3CCCC3)c3cc(OC)cc(OC)c3)c[nH]c12. The molecule has 0 aliphatic carbocycles. The third-order valence-electron chi connectivity index (χ3n) is 6.70. The second-order valence-electron chi connectivity index (χ2n) is 8.74. The highest BCUT2D eigenvalue weighted by atomic mass is 16.5. The molecule has 0 radical (unpaired) electrons. The van der Waals surface area contributed by atoms with Gasteiger partial charge in [0, 0.05) is 48.6 Å². The molecule has 0 saturated carbocycles. The van der Waals surface area contributed by atoms with Gasteiger partial charge in [-0.2, -0.15) is 0 Å². The Labute approximate surface area is 196 Å². The van der Waals surface area contributed by atoms with Crippen LogP contribution in [-0.4, -0.2) is 56.2 Å². The lowest BCUT2D eigenvalue weighted by Crippen LogP contribution is -2.34. The molecule has 4 rings (SSSR count). The maximum absolute atomic E-state index is 13.1. The molecule has 1 aromatic heterocycles. The average molecular weight is 450 g/mol. The number of aromatic nitrogens is 1. The number of para-hydroxylation sites is 1. The van der Waals surface area contributed by atoms with Crippen LogP contribution < -0.4 is 14.8 Å². The monoisotopic (exact) mass is 449 g/mol. The molecule has 0 spiro atoms. The number of ether oxygens (including phenoxy) is 2.